The van der Waals surface area contributed by atoms with Gasteiger partial charge in [-0.25, -0.2) is 0 Å². The van der Waals surface area contributed by atoms with E-state index in [9.17, 15) is 9.59 Å². The summed E-state index contributed by atoms with van der Waals surface area (Å²) in [7, 11) is 0. The Bertz CT molecular complexity index is 705. The molecule has 0 aliphatic heterocycles. The summed E-state index contributed by atoms with van der Waals surface area (Å²) in [6.07, 6.45) is 0. The monoisotopic (exact) mass is 324 g/mol. The normalized spacial score (nSPS) is 12.4. The van der Waals surface area contributed by atoms with E-state index < -0.39 is 0 Å². The minimum absolute atomic E-state index is 0.0440. The number of hydrogen-bond donors (Lipinski definition) is 2. The molecule has 0 saturated carbocycles. The third-order valence-electron chi connectivity index (χ3n) is 3.10. The summed E-state index contributed by atoms with van der Waals surface area (Å²) in [5, 5.41) is 7.66. The second-order valence-electron chi connectivity index (χ2n) is 4.71. The van der Waals surface area contributed by atoms with Gasteiger partial charge in [0, 0.05) is 11.3 Å². The highest BCUT2D eigenvalue weighted by Crippen LogP contribution is 2.30. The fourth-order valence-corrected chi connectivity index (χ4v) is 4.04. The van der Waals surface area contributed by atoms with Crippen LogP contribution in [0.1, 0.15) is 46.0 Å². The van der Waals surface area contributed by atoms with E-state index >= 15 is 0 Å². The molecule has 0 aliphatic rings. The number of hydrogen-bond acceptors (Lipinski definition) is 7. The molecule has 0 spiro atoms. The molecule has 6 nitrogen and oxygen atoms in total. The molecule has 0 fully saturated rings. The quantitative estimate of drug-likeness (QED) is 0.647. The summed E-state index contributed by atoms with van der Waals surface area (Å²) >= 11 is 2.56. The molecule has 0 saturated heterocycles. The standard InChI is InChI=1S/C13H16N4O2S2/c1-5-9(7(3)18)6(2)15-10(5)11(19)8(4)20-13-17-16-12(14)21-13/h8,15H,1-4H3,(H2,14,16). The molecule has 2 rings (SSSR count). The van der Waals surface area contributed by atoms with Crippen LogP contribution < -0.4 is 5.73 Å². The number of carbonyl (C=O) groups excluding carboxylic acids is 2. The number of ketones is 2. The van der Waals surface area contributed by atoms with E-state index in [1.807, 2.05) is 0 Å². The molecule has 112 valence electrons. The Morgan fingerprint density at radius 3 is 2.48 bits per heavy atom. The lowest BCUT2D eigenvalue weighted by Gasteiger charge is -2.07. The number of thioether (sulfide) groups is 1. The van der Waals surface area contributed by atoms with E-state index in [2.05, 4.69) is 15.2 Å². The molecular formula is C13H16N4O2S2. The van der Waals surface area contributed by atoms with E-state index in [1.54, 1.807) is 20.8 Å². The zero-order valence-corrected chi connectivity index (χ0v) is 13.8. The fraction of sp³-hybridized carbons (Fsp3) is 0.385. The SMILES string of the molecule is CC(=O)c1c(C)[nH]c(C(=O)C(C)Sc2nnc(N)s2)c1C. The summed E-state index contributed by atoms with van der Waals surface area (Å²) in [5.74, 6) is -0.112. The van der Waals surface area contributed by atoms with Crippen LogP contribution in [0.25, 0.3) is 0 Å². The van der Waals surface area contributed by atoms with Gasteiger partial charge in [-0.15, -0.1) is 10.2 Å². The van der Waals surface area contributed by atoms with Crippen molar-refractivity contribution in [3.05, 3.63) is 22.5 Å². The first kappa shape index (κ1) is 15.7. The number of nitrogen functional groups attached to an aromatic ring is 1. The van der Waals surface area contributed by atoms with E-state index in [0.29, 0.717) is 26.3 Å². The van der Waals surface area contributed by atoms with Gasteiger partial charge in [-0.3, -0.25) is 9.59 Å². The Morgan fingerprint density at radius 2 is 2.00 bits per heavy atom. The summed E-state index contributed by atoms with van der Waals surface area (Å²) < 4.78 is 0.654. The van der Waals surface area contributed by atoms with Crippen LogP contribution in [0.3, 0.4) is 0 Å². The van der Waals surface area contributed by atoms with Crippen molar-refractivity contribution in [1.82, 2.24) is 15.2 Å². The molecule has 0 amide bonds. The Morgan fingerprint density at radius 1 is 1.33 bits per heavy atom. The van der Waals surface area contributed by atoms with Gasteiger partial charge in [-0.2, -0.15) is 0 Å². The predicted molar refractivity (Wildman–Crippen MR) is 84.2 cm³/mol. The lowest BCUT2D eigenvalue weighted by atomic mass is 10.0. The molecule has 0 radical (unpaired) electrons. The Hall–Kier alpha value is -1.67. The minimum Gasteiger partial charge on any atom is -0.374 e. The molecule has 1 unspecified atom stereocenters. The smallest absolute Gasteiger partial charge is 0.203 e. The van der Waals surface area contributed by atoms with Crippen LogP contribution in [0.2, 0.25) is 0 Å². The van der Waals surface area contributed by atoms with Gasteiger partial charge in [0.15, 0.2) is 15.9 Å². The molecule has 3 N–H and O–H groups in total. The highest BCUT2D eigenvalue weighted by Gasteiger charge is 2.25. The topological polar surface area (TPSA) is 102 Å². The number of nitrogens with two attached hydrogens (primary N) is 1. The number of rotatable bonds is 5. The third-order valence-corrected chi connectivity index (χ3v) is 5.04. The number of nitrogens with zero attached hydrogens (tertiary/aromatic N) is 2. The number of aromatic nitrogens is 3. The molecule has 0 aromatic carbocycles. The second-order valence-corrected chi connectivity index (χ2v) is 7.31. The van der Waals surface area contributed by atoms with Crippen LogP contribution in [-0.2, 0) is 0 Å². The first-order chi connectivity index (χ1) is 9.81. The van der Waals surface area contributed by atoms with Gasteiger partial charge in [-0.1, -0.05) is 23.1 Å². The maximum absolute atomic E-state index is 12.5. The number of Topliss-reactive ketones (excluding diaryl/α,β-unsaturated/α-hetero) is 2. The minimum atomic E-state index is -0.339. The molecule has 8 heteroatoms. The third kappa shape index (κ3) is 3.16. The maximum Gasteiger partial charge on any atom is 0.203 e. The largest absolute Gasteiger partial charge is 0.374 e. The van der Waals surface area contributed by atoms with Crippen LogP contribution in [-0.4, -0.2) is 32.0 Å². The molecule has 2 heterocycles. The summed E-state index contributed by atoms with van der Waals surface area (Å²) in [6, 6.07) is 0. The lowest BCUT2D eigenvalue weighted by Crippen LogP contribution is -2.15. The summed E-state index contributed by atoms with van der Waals surface area (Å²) in [4.78, 5) is 27.2. The second kappa shape index (κ2) is 5.98. The first-order valence-electron chi connectivity index (χ1n) is 6.31. The fourth-order valence-electron chi connectivity index (χ4n) is 2.20. The van der Waals surface area contributed by atoms with Crippen molar-refractivity contribution < 1.29 is 9.59 Å². The maximum atomic E-state index is 12.5. The van der Waals surface area contributed by atoms with Gasteiger partial charge >= 0.3 is 0 Å². The zero-order chi connectivity index (χ0) is 15.7. The Balaban J connectivity index is 2.23. The van der Waals surface area contributed by atoms with Gasteiger partial charge in [0.05, 0.1) is 10.9 Å². The van der Waals surface area contributed by atoms with Crippen molar-refractivity contribution in [3.63, 3.8) is 0 Å². The number of aromatic amines is 1. The van der Waals surface area contributed by atoms with Crippen molar-refractivity contribution in [3.8, 4) is 0 Å². The van der Waals surface area contributed by atoms with E-state index in [0.717, 1.165) is 5.69 Å². The zero-order valence-electron chi connectivity index (χ0n) is 12.2. The molecule has 2 aromatic heterocycles. The Labute approximate surface area is 130 Å². The van der Waals surface area contributed by atoms with Crippen LogP contribution in [0.4, 0.5) is 5.13 Å². The van der Waals surface area contributed by atoms with Crippen LogP contribution in [0.5, 0.6) is 0 Å². The first-order valence-corrected chi connectivity index (χ1v) is 8.00. The molecule has 0 bridgehead atoms. The van der Waals surface area contributed by atoms with Crippen LogP contribution >= 0.6 is 23.1 Å². The van der Waals surface area contributed by atoms with Gasteiger partial charge < -0.3 is 10.7 Å². The number of anilines is 1. The molecular weight excluding hydrogens is 308 g/mol. The Kier molecular flexibility index (Phi) is 4.48. The van der Waals surface area contributed by atoms with Crippen LogP contribution in [0, 0.1) is 13.8 Å². The highest BCUT2D eigenvalue weighted by molar-refractivity contribution is 8.02. The number of carbonyl (C=O) groups is 2. The average Bonchev–Trinajstić information content (AvgIpc) is 2.92. The average molecular weight is 324 g/mol. The predicted octanol–water partition coefficient (Wildman–Crippen LogP) is 2.63. The van der Waals surface area contributed by atoms with Gasteiger partial charge in [0.2, 0.25) is 5.13 Å². The van der Waals surface area contributed by atoms with Gasteiger partial charge in [0.25, 0.3) is 0 Å². The van der Waals surface area contributed by atoms with Crippen molar-refractivity contribution in [2.45, 2.75) is 37.3 Å². The van der Waals surface area contributed by atoms with E-state index in [1.165, 1.54) is 30.0 Å². The van der Waals surface area contributed by atoms with Crippen molar-refractivity contribution in [1.29, 1.82) is 0 Å². The van der Waals surface area contributed by atoms with Gasteiger partial charge in [0.1, 0.15) is 0 Å². The molecule has 0 aliphatic carbocycles. The van der Waals surface area contributed by atoms with Crippen LogP contribution in [0.15, 0.2) is 4.34 Å². The molecule has 1 atom stereocenters. The van der Waals surface area contributed by atoms with Crippen molar-refractivity contribution >= 4 is 39.8 Å². The lowest BCUT2D eigenvalue weighted by molar-refractivity contribution is 0.0988. The van der Waals surface area contributed by atoms with E-state index in [4.69, 9.17) is 5.73 Å². The highest BCUT2D eigenvalue weighted by atomic mass is 32.2. The van der Waals surface area contributed by atoms with Crippen molar-refractivity contribution in [2.24, 2.45) is 0 Å². The van der Waals surface area contributed by atoms with Crippen molar-refractivity contribution in [2.75, 3.05) is 5.73 Å². The molecule has 2 aromatic rings. The van der Waals surface area contributed by atoms with Gasteiger partial charge in [-0.05, 0) is 33.3 Å². The summed E-state index contributed by atoms with van der Waals surface area (Å²) in [5.41, 5.74) is 8.03. The number of H-pyrrole nitrogens is 1. The number of nitrogens with one attached hydrogen (secondary N) is 1. The summed E-state index contributed by atoms with van der Waals surface area (Å²) in [6.45, 7) is 6.88. The van der Waals surface area contributed by atoms with E-state index in [-0.39, 0.29) is 16.8 Å². The number of aryl methyl sites for hydroxylation is 1. The molecule has 21 heavy (non-hydrogen) atoms.